The Balaban J connectivity index is 3.72. The van der Waals surface area contributed by atoms with E-state index in [0.29, 0.717) is 0 Å². The van der Waals surface area contributed by atoms with Gasteiger partial charge in [-0.2, -0.15) is 0 Å². The zero-order chi connectivity index (χ0) is 8.15. The number of nitrogens with two attached hydrogens (primary N) is 1. The first-order valence-corrected chi connectivity index (χ1v) is 2.44. The lowest BCUT2D eigenvalue weighted by atomic mass is 10.2. The largest absolute Gasteiger partial charge is 0.481 e. The number of Topliss-reactive ketones (excluding diaryl/α,β-unsaturated/α-hetero) is 1. The Kier molecular flexibility index (Phi) is 2.78. The second-order valence-corrected chi connectivity index (χ2v) is 1.47. The number of hydrogen-bond donors (Lipinski definition) is 2. The Morgan fingerprint density at radius 1 is 1.67 bits per heavy atom. The van der Waals surface area contributed by atoms with Crippen LogP contribution in [0.25, 0.3) is 0 Å². The standard InChI is InChI=1S/C5H9NO3/c6-3-4(7)1-2-5(8)9/h1-3,6H2,(H,8,9)/i1D/t1-/m1/s1. The summed E-state index contributed by atoms with van der Waals surface area (Å²) >= 11 is 0. The summed E-state index contributed by atoms with van der Waals surface area (Å²) < 4.78 is 6.90. The minimum Gasteiger partial charge on any atom is -0.481 e. The van der Waals surface area contributed by atoms with Crippen LogP contribution < -0.4 is 5.73 Å². The molecule has 52 valence electrons. The van der Waals surface area contributed by atoms with E-state index in [1.165, 1.54) is 0 Å². The van der Waals surface area contributed by atoms with E-state index in [-0.39, 0.29) is 6.54 Å². The van der Waals surface area contributed by atoms with Crippen molar-refractivity contribution in [3.05, 3.63) is 0 Å². The molecule has 0 amide bonds. The quantitative estimate of drug-likeness (QED) is 0.534. The normalized spacial score (nSPS) is 14.1. The number of rotatable bonds is 4. The van der Waals surface area contributed by atoms with E-state index < -0.39 is 24.6 Å². The number of carboxylic acid groups (broad SMARTS) is 1. The molecular formula is C5H9NO3. The molecule has 9 heavy (non-hydrogen) atoms. The molecular weight excluding hydrogens is 122 g/mol. The number of hydrogen-bond acceptors (Lipinski definition) is 3. The van der Waals surface area contributed by atoms with Gasteiger partial charge in [0, 0.05) is 7.77 Å². The molecule has 0 radical (unpaired) electrons. The zero-order valence-corrected chi connectivity index (χ0v) is 4.83. The van der Waals surface area contributed by atoms with Crippen LogP contribution in [0.5, 0.6) is 0 Å². The number of ketones is 1. The van der Waals surface area contributed by atoms with Gasteiger partial charge >= 0.3 is 5.97 Å². The minimum absolute atomic E-state index is 0.262. The fraction of sp³-hybridized carbons (Fsp3) is 0.600. The zero-order valence-electron chi connectivity index (χ0n) is 5.83. The number of carbonyl (C=O) groups excluding carboxylic acids is 1. The van der Waals surface area contributed by atoms with E-state index in [2.05, 4.69) is 0 Å². The third-order valence-corrected chi connectivity index (χ3v) is 0.706. The summed E-state index contributed by atoms with van der Waals surface area (Å²) in [6.45, 7) is -0.262. The van der Waals surface area contributed by atoms with Crippen molar-refractivity contribution in [3.63, 3.8) is 0 Å². The van der Waals surface area contributed by atoms with Gasteiger partial charge < -0.3 is 10.8 Å². The Bertz CT molecular complexity index is 148. The van der Waals surface area contributed by atoms with Gasteiger partial charge in [-0.3, -0.25) is 9.59 Å². The molecule has 0 fully saturated rings. The smallest absolute Gasteiger partial charge is 0.303 e. The molecule has 0 saturated heterocycles. The number of carbonyl (C=O) groups is 2. The Morgan fingerprint density at radius 3 is 2.56 bits per heavy atom. The first kappa shape index (κ1) is 6.22. The summed E-state index contributed by atoms with van der Waals surface area (Å²) in [5.74, 6) is -1.69. The Morgan fingerprint density at radius 2 is 2.22 bits per heavy atom. The highest BCUT2D eigenvalue weighted by molar-refractivity contribution is 5.83. The molecule has 0 unspecified atom stereocenters. The van der Waals surface area contributed by atoms with Gasteiger partial charge in [0.15, 0.2) is 0 Å². The van der Waals surface area contributed by atoms with Gasteiger partial charge in [-0.05, 0) is 0 Å². The van der Waals surface area contributed by atoms with Crippen LogP contribution in [0.1, 0.15) is 14.2 Å². The van der Waals surface area contributed by atoms with Crippen molar-refractivity contribution in [2.24, 2.45) is 5.73 Å². The molecule has 4 heteroatoms. The van der Waals surface area contributed by atoms with Gasteiger partial charge in [-0.25, -0.2) is 0 Å². The predicted molar refractivity (Wildman–Crippen MR) is 30.9 cm³/mol. The average molecular weight is 132 g/mol. The van der Waals surface area contributed by atoms with Crippen molar-refractivity contribution in [2.75, 3.05) is 6.54 Å². The first-order valence-electron chi connectivity index (χ1n) is 3.02. The molecule has 3 N–H and O–H groups in total. The van der Waals surface area contributed by atoms with Crippen LogP contribution in [0.3, 0.4) is 0 Å². The fourth-order valence-electron chi connectivity index (χ4n) is 0.284. The molecule has 4 nitrogen and oxygen atoms in total. The maximum Gasteiger partial charge on any atom is 0.303 e. The second-order valence-electron chi connectivity index (χ2n) is 1.47. The fourth-order valence-corrected chi connectivity index (χ4v) is 0.284. The minimum atomic E-state index is -1.21. The monoisotopic (exact) mass is 132 g/mol. The molecule has 0 aromatic rings. The lowest BCUT2D eigenvalue weighted by Crippen LogP contribution is -2.14. The maximum absolute atomic E-state index is 10.5. The summed E-state index contributed by atoms with van der Waals surface area (Å²) in [7, 11) is 0. The molecule has 0 aliphatic heterocycles. The third-order valence-electron chi connectivity index (χ3n) is 0.706. The molecule has 0 rings (SSSR count). The summed E-state index contributed by atoms with van der Waals surface area (Å²) in [5, 5.41) is 8.12. The van der Waals surface area contributed by atoms with Gasteiger partial charge in [-0.1, -0.05) is 0 Å². The van der Waals surface area contributed by atoms with Crippen molar-refractivity contribution in [1.82, 2.24) is 0 Å². The highest BCUT2D eigenvalue weighted by Crippen LogP contribution is 1.87. The SMILES string of the molecule is [2H][C@H](CC(=O)O)C(=O)CN. The van der Waals surface area contributed by atoms with Crippen LogP contribution in [0.15, 0.2) is 0 Å². The summed E-state index contributed by atoms with van der Waals surface area (Å²) in [4.78, 5) is 20.4. The van der Waals surface area contributed by atoms with Gasteiger partial charge in [0.1, 0.15) is 5.78 Å². The summed E-state index contributed by atoms with van der Waals surface area (Å²) in [6, 6.07) is 0. The van der Waals surface area contributed by atoms with E-state index in [4.69, 9.17) is 12.2 Å². The molecule has 0 aromatic heterocycles. The van der Waals surface area contributed by atoms with Crippen molar-refractivity contribution in [3.8, 4) is 0 Å². The van der Waals surface area contributed by atoms with Crippen LogP contribution >= 0.6 is 0 Å². The third kappa shape index (κ3) is 4.96. The molecule has 0 aliphatic carbocycles. The lowest BCUT2D eigenvalue weighted by Gasteiger charge is -1.90. The first-order chi connectivity index (χ1) is 4.57. The Labute approximate surface area is 54.1 Å². The summed E-state index contributed by atoms with van der Waals surface area (Å²) in [6.07, 6.45) is -1.67. The molecule has 0 bridgehead atoms. The van der Waals surface area contributed by atoms with Crippen molar-refractivity contribution < 1.29 is 16.1 Å². The van der Waals surface area contributed by atoms with Crippen LogP contribution in [-0.4, -0.2) is 23.4 Å². The average Bonchev–Trinajstić information content (AvgIpc) is 1.85. The van der Waals surface area contributed by atoms with Crippen molar-refractivity contribution >= 4 is 11.8 Å². The molecule has 0 aliphatic rings. The number of carboxylic acids is 1. The van der Waals surface area contributed by atoms with Crippen LogP contribution in [0.2, 0.25) is 0 Å². The van der Waals surface area contributed by atoms with Crippen molar-refractivity contribution in [1.29, 1.82) is 0 Å². The Hall–Kier alpha value is -0.900. The van der Waals surface area contributed by atoms with E-state index in [9.17, 15) is 9.59 Å². The van der Waals surface area contributed by atoms with Gasteiger partial charge in [0.2, 0.25) is 0 Å². The molecule has 0 spiro atoms. The molecule has 1 atom stereocenters. The highest BCUT2D eigenvalue weighted by atomic mass is 16.4. The predicted octanol–water partition coefficient (Wildman–Crippen LogP) is -0.621. The van der Waals surface area contributed by atoms with E-state index in [0.717, 1.165) is 0 Å². The van der Waals surface area contributed by atoms with E-state index >= 15 is 0 Å². The molecule has 0 aromatic carbocycles. The van der Waals surface area contributed by atoms with Gasteiger partial charge in [-0.15, -0.1) is 0 Å². The van der Waals surface area contributed by atoms with Crippen LogP contribution in [0, 0.1) is 0 Å². The number of aliphatic carboxylic acids is 1. The summed E-state index contributed by atoms with van der Waals surface area (Å²) in [5.41, 5.74) is 4.89. The van der Waals surface area contributed by atoms with E-state index in [1.54, 1.807) is 0 Å². The van der Waals surface area contributed by atoms with Crippen LogP contribution in [-0.2, 0) is 9.59 Å². The lowest BCUT2D eigenvalue weighted by molar-refractivity contribution is -0.138. The highest BCUT2D eigenvalue weighted by Gasteiger charge is 2.01. The maximum atomic E-state index is 10.5. The van der Waals surface area contributed by atoms with Gasteiger partial charge in [0.05, 0.1) is 13.0 Å². The molecule has 0 saturated carbocycles. The topological polar surface area (TPSA) is 80.4 Å². The van der Waals surface area contributed by atoms with Gasteiger partial charge in [0.25, 0.3) is 0 Å². The van der Waals surface area contributed by atoms with Crippen LogP contribution in [0.4, 0.5) is 0 Å². The van der Waals surface area contributed by atoms with Crippen molar-refractivity contribution in [2.45, 2.75) is 12.8 Å². The second kappa shape index (κ2) is 4.03. The van der Waals surface area contributed by atoms with E-state index in [1.807, 2.05) is 0 Å². The molecule has 0 heterocycles.